The van der Waals surface area contributed by atoms with Crippen molar-refractivity contribution < 1.29 is 4.79 Å². The van der Waals surface area contributed by atoms with Crippen molar-refractivity contribution in [2.75, 3.05) is 11.9 Å². The van der Waals surface area contributed by atoms with Crippen LogP contribution in [0.5, 0.6) is 0 Å². The maximum absolute atomic E-state index is 11.7. The highest BCUT2D eigenvalue weighted by atomic mass is 35.5. The maximum Gasteiger partial charge on any atom is 0.239 e. The van der Waals surface area contributed by atoms with Gasteiger partial charge in [0.05, 0.1) is 28.9 Å². The molecule has 19 heavy (non-hydrogen) atoms. The van der Waals surface area contributed by atoms with Gasteiger partial charge in [-0.25, -0.2) is 0 Å². The highest BCUT2D eigenvalue weighted by Crippen LogP contribution is 2.22. The van der Waals surface area contributed by atoms with E-state index in [9.17, 15) is 4.79 Å². The third kappa shape index (κ3) is 5.19. The first-order valence-corrected chi connectivity index (χ1v) is 6.67. The van der Waals surface area contributed by atoms with Crippen LogP contribution in [0.1, 0.15) is 32.3 Å². The lowest BCUT2D eigenvalue weighted by atomic mass is 10.2. The van der Waals surface area contributed by atoms with Crippen molar-refractivity contribution in [3.8, 4) is 6.07 Å². The number of carbonyl (C=O) groups excluding carboxylic acids is 1. The lowest BCUT2D eigenvalue weighted by Gasteiger charge is -2.14. The van der Waals surface area contributed by atoms with Crippen LogP contribution >= 0.6 is 11.6 Å². The molecule has 0 radical (unpaired) electrons. The summed E-state index contributed by atoms with van der Waals surface area (Å²) < 4.78 is 0. The minimum absolute atomic E-state index is 0.0839. The summed E-state index contributed by atoms with van der Waals surface area (Å²) >= 11 is 5.99. The van der Waals surface area contributed by atoms with E-state index in [1.165, 1.54) is 0 Å². The Hall–Kier alpha value is -1.73. The van der Waals surface area contributed by atoms with Crippen LogP contribution < -0.4 is 10.6 Å². The Labute approximate surface area is 118 Å². The second-order valence-corrected chi connectivity index (χ2v) is 4.82. The standard InChI is InChI=1S/C14H18ClN3O/c1-3-4-10(2)18-14(19)9-17-13-7-11(8-16)5-6-12(13)15/h5-7,10,17H,3-4,9H2,1-2H3,(H,18,19). The summed E-state index contributed by atoms with van der Waals surface area (Å²) in [4.78, 5) is 11.7. The van der Waals surface area contributed by atoms with E-state index in [4.69, 9.17) is 16.9 Å². The summed E-state index contributed by atoms with van der Waals surface area (Å²) in [5.41, 5.74) is 1.10. The molecule has 0 aliphatic rings. The third-order valence-electron chi connectivity index (χ3n) is 2.66. The van der Waals surface area contributed by atoms with Crippen LogP contribution in [0, 0.1) is 11.3 Å². The normalized spacial score (nSPS) is 11.5. The summed E-state index contributed by atoms with van der Waals surface area (Å²) in [5.74, 6) is -0.0839. The zero-order valence-electron chi connectivity index (χ0n) is 11.2. The van der Waals surface area contributed by atoms with Crippen LogP contribution in [0.2, 0.25) is 5.02 Å². The first-order valence-electron chi connectivity index (χ1n) is 6.29. The van der Waals surface area contributed by atoms with E-state index >= 15 is 0 Å². The fourth-order valence-electron chi connectivity index (χ4n) is 1.74. The van der Waals surface area contributed by atoms with Gasteiger partial charge in [0, 0.05) is 6.04 Å². The molecule has 1 unspecified atom stereocenters. The number of anilines is 1. The van der Waals surface area contributed by atoms with Crippen LogP contribution in [-0.4, -0.2) is 18.5 Å². The predicted octanol–water partition coefficient (Wildman–Crippen LogP) is 2.93. The number of nitrogens with one attached hydrogen (secondary N) is 2. The summed E-state index contributed by atoms with van der Waals surface area (Å²) in [5, 5.41) is 15.1. The molecule has 0 aromatic heterocycles. The van der Waals surface area contributed by atoms with Gasteiger partial charge in [0.25, 0.3) is 0 Å². The molecule has 1 aromatic carbocycles. The molecule has 0 saturated heterocycles. The van der Waals surface area contributed by atoms with Crippen LogP contribution in [0.25, 0.3) is 0 Å². The number of nitrogens with zero attached hydrogens (tertiary/aromatic N) is 1. The summed E-state index contributed by atoms with van der Waals surface area (Å²) in [6.45, 7) is 4.20. The molecule has 2 N–H and O–H groups in total. The molecule has 1 amide bonds. The Morgan fingerprint density at radius 3 is 2.89 bits per heavy atom. The van der Waals surface area contributed by atoms with Crippen molar-refractivity contribution in [2.24, 2.45) is 0 Å². The first kappa shape index (κ1) is 15.3. The van der Waals surface area contributed by atoms with Crippen molar-refractivity contribution in [2.45, 2.75) is 32.7 Å². The van der Waals surface area contributed by atoms with Gasteiger partial charge < -0.3 is 10.6 Å². The Balaban J connectivity index is 2.53. The first-order chi connectivity index (χ1) is 9.06. The molecule has 1 rings (SSSR count). The maximum atomic E-state index is 11.7. The second kappa shape index (κ2) is 7.65. The van der Waals surface area contributed by atoms with Gasteiger partial charge in [-0.2, -0.15) is 5.26 Å². The zero-order valence-corrected chi connectivity index (χ0v) is 11.9. The van der Waals surface area contributed by atoms with Crippen LogP contribution in [0.4, 0.5) is 5.69 Å². The molecule has 102 valence electrons. The molecule has 0 fully saturated rings. The second-order valence-electron chi connectivity index (χ2n) is 4.42. The van der Waals surface area contributed by atoms with E-state index in [1.54, 1.807) is 18.2 Å². The molecule has 1 atom stereocenters. The fraction of sp³-hybridized carbons (Fsp3) is 0.429. The average Bonchev–Trinajstić information content (AvgIpc) is 2.38. The largest absolute Gasteiger partial charge is 0.375 e. The fourth-order valence-corrected chi connectivity index (χ4v) is 1.92. The molecule has 0 aliphatic carbocycles. The SMILES string of the molecule is CCCC(C)NC(=O)CNc1cc(C#N)ccc1Cl. The summed E-state index contributed by atoms with van der Waals surface area (Å²) in [6.07, 6.45) is 1.99. The molecule has 1 aromatic rings. The molecular weight excluding hydrogens is 262 g/mol. The van der Waals surface area contributed by atoms with E-state index in [-0.39, 0.29) is 18.5 Å². The monoisotopic (exact) mass is 279 g/mol. The van der Waals surface area contributed by atoms with Crippen molar-refractivity contribution in [3.05, 3.63) is 28.8 Å². The van der Waals surface area contributed by atoms with Gasteiger partial charge in [0.2, 0.25) is 5.91 Å². The Morgan fingerprint density at radius 2 is 2.26 bits per heavy atom. The molecule has 0 saturated carbocycles. The molecule has 0 heterocycles. The lowest BCUT2D eigenvalue weighted by molar-refractivity contribution is -0.120. The van der Waals surface area contributed by atoms with Crippen molar-refractivity contribution in [1.29, 1.82) is 5.26 Å². The van der Waals surface area contributed by atoms with E-state index in [1.807, 2.05) is 13.0 Å². The van der Waals surface area contributed by atoms with E-state index < -0.39 is 0 Å². The van der Waals surface area contributed by atoms with Gasteiger partial charge in [-0.3, -0.25) is 4.79 Å². The number of amides is 1. The van der Waals surface area contributed by atoms with Gasteiger partial charge in [0.15, 0.2) is 0 Å². The summed E-state index contributed by atoms with van der Waals surface area (Å²) in [7, 11) is 0. The molecule has 0 bridgehead atoms. The average molecular weight is 280 g/mol. The van der Waals surface area contributed by atoms with Gasteiger partial charge in [-0.15, -0.1) is 0 Å². The van der Waals surface area contributed by atoms with Crippen molar-refractivity contribution in [3.63, 3.8) is 0 Å². The number of hydrogen-bond donors (Lipinski definition) is 2. The zero-order chi connectivity index (χ0) is 14.3. The molecule has 4 nitrogen and oxygen atoms in total. The van der Waals surface area contributed by atoms with Gasteiger partial charge in [-0.1, -0.05) is 24.9 Å². The Morgan fingerprint density at radius 1 is 1.53 bits per heavy atom. The van der Waals surface area contributed by atoms with Gasteiger partial charge in [-0.05, 0) is 31.5 Å². The lowest BCUT2D eigenvalue weighted by Crippen LogP contribution is -2.36. The Kier molecular flexibility index (Phi) is 6.17. The minimum atomic E-state index is -0.0839. The molecule has 0 spiro atoms. The molecular formula is C14H18ClN3O. The van der Waals surface area contributed by atoms with Crippen molar-refractivity contribution in [1.82, 2.24) is 5.32 Å². The van der Waals surface area contributed by atoms with E-state index in [0.717, 1.165) is 12.8 Å². The Bertz CT molecular complexity index is 482. The summed E-state index contributed by atoms with van der Waals surface area (Å²) in [6, 6.07) is 7.10. The number of hydrogen-bond acceptors (Lipinski definition) is 3. The molecule has 5 heteroatoms. The number of halogens is 1. The van der Waals surface area contributed by atoms with Crippen LogP contribution in [-0.2, 0) is 4.79 Å². The number of nitriles is 1. The molecule has 0 aliphatic heterocycles. The van der Waals surface area contributed by atoms with Crippen LogP contribution in [0.3, 0.4) is 0 Å². The van der Waals surface area contributed by atoms with E-state index in [2.05, 4.69) is 17.6 Å². The highest BCUT2D eigenvalue weighted by molar-refractivity contribution is 6.33. The van der Waals surface area contributed by atoms with Crippen LogP contribution in [0.15, 0.2) is 18.2 Å². The predicted molar refractivity (Wildman–Crippen MR) is 77.2 cm³/mol. The highest BCUT2D eigenvalue weighted by Gasteiger charge is 2.07. The van der Waals surface area contributed by atoms with Gasteiger partial charge in [0.1, 0.15) is 0 Å². The van der Waals surface area contributed by atoms with Gasteiger partial charge >= 0.3 is 0 Å². The van der Waals surface area contributed by atoms with Crippen molar-refractivity contribution >= 4 is 23.2 Å². The number of benzene rings is 1. The minimum Gasteiger partial charge on any atom is -0.375 e. The smallest absolute Gasteiger partial charge is 0.239 e. The topological polar surface area (TPSA) is 64.9 Å². The quantitative estimate of drug-likeness (QED) is 0.841. The number of carbonyl (C=O) groups is 1. The van der Waals surface area contributed by atoms with E-state index in [0.29, 0.717) is 16.3 Å². The number of rotatable bonds is 6. The third-order valence-corrected chi connectivity index (χ3v) is 2.99.